The van der Waals surface area contributed by atoms with Gasteiger partial charge in [-0.3, -0.25) is 9.71 Å². The van der Waals surface area contributed by atoms with Crippen LogP contribution in [0.5, 0.6) is 5.75 Å². The van der Waals surface area contributed by atoms with Crippen LogP contribution in [0.3, 0.4) is 0 Å². The lowest BCUT2D eigenvalue weighted by molar-refractivity contribution is 0.417. The first-order valence-corrected chi connectivity index (χ1v) is 15.4. The van der Waals surface area contributed by atoms with Gasteiger partial charge in [0.15, 0.2) is 5.11 Å². The molecule has 1 saturated heterocycles. The Labute approximate surface area is 246 Å². The van der Waals surface area contributed by atoms with Crippen LogP contribution in [0.15, 0.2) is 60.8 Å². The molecule has 11 heteroatoms. The van der Waals surface area contributed by atoms with Gasteiger partial charge in [0.1, 0.15) is 5.75 Å². The van der Waals surface area contributed by atoms with E-state index in [1.165, 1.54) is 7.11 Å². The third-order valence-corrected chi connectivity index (χ3v) is 8.74. The number of fused-ring (bicyclic) bond motifs is 1. The van der Waals surface area contributed by atoms with Gasteiger partial charge in [0, 0.05) is 35.2 Å². The quantitative estimate of drug-likeness (QED) is 0.339. The van der Waals surface area contributed by atoms with Crippen molar-refractivity contribution in [1.82, 2.24) is 10.3 Å². The number of pyridine rings is 1. The Bertz CT molecular complexity index is 1630. The summed E-state index contributed by atoms with van der Waals surface area (Å²) in [5, 5.41) is 4.51. The number of thiocarbonyl (C=S) groups is 1. The molecule has 0 bridgehead atoms. The molecule has 5 rings (SSSR count). The first kappa shape index (κ1) is 28.2. The van der Waals surface area contributed by atoms with Gasteiger partial charge in [0.05, 0.1) is 42.4 Å². The number of halogens is 1. The highest BCUT2D eigenvalue weighted by molar-refractivity contribution is 7.92. The molecule has 0 radical (unpaired) electrons. The van der Waals surface area contributed by atoms with Crippen molar-refractivity contribution >= 4 is 61.6 Å². The van der Waals surface area contributed by atoms with Gasteiger partial charge < -0.3 is 19.9 Å². The molecule has 2 aromatic carbocycles. The number of allylic oxidation sites excluding steroid dienone is 1. The number of rotatable bonds is 6. The van der Waals surface area contributed by atoms with E-state index in [9.17, 15) is 8.42 Å². The molecule has 3 aromatic rings. The third-order valence-electron chi connectivity index (χ3n) is 7.51. The number of sulfonamides is 1. The molecule has 1 fully saturated rings. The lowest BCUT2D eigenvalue weighted by Crippen LogP contribution is -2.42. The number of nitrogens with zero attached hydrogens (tertiary/aromatic N) is 3. The molecule has 2 aliphatic rings. The van der Waals surface area contributed by atoms with Crippen LogP contribution in [0.4, 0.5) is 17.1 Å². The predicted molar refractivity (Wildman–Crippen MR) is 167 cm³/mol. The highest BCUT2D eigenvalue weighted by Gasteiger charge is 2.43. The van der Waals surface area contributed by atoms with Crippen molar-refractivity contribution in [2.75, 3.05) is 34.9 Å². The molecule has 2 atom stereocenters. The Balaban J connectivity index is 1.70. The number of aromatic nitrogens is 1. The zero-order chi connectivity index (χ0) is 29.0. The summed E-state index contributed by atoms with van der Waals surface area (Å²) >= 11 is 13.0. The second-order valence-corrected chi connectivity index (χ2v) is 13.2. The summed E-state index contributed by atoms with van der Waals surface area (Å²) in [7, 11) is 0.00171. The maximum absolute atomic E-state index is 12.1. The zero-order valence-corrected chi connectivity index (χ0v) is 25.6. The van der Waals surface area contributed by atoms with E-state index in [2.05, 4.69) is 59.9 Å². The number of methoxy groups -OCH3 is 1. The van der Waals surface area contributed by atoms with Crippen LogP contribution in [0.2, 0.25) is 5.02 Å². The Hall–Kier alpha value is -3.34. The summed E-state index contributed by atoms with van der Waals surface area (Å²) < 4.78 is 32.2. The van der Waals surface area contributed by atoms with E-state index in [-0.39, 0.29) is 17.6 Å². The van der Waals surface area contributed by atoms with E-state index in [1.807, 2.05) is 35.2 Å². The number of ether oxygens (including phenoxy) is 1. The fraction of sp³-hybridized carbons (Fsp3) is 0.310. The highest BCUT2D eigenvalue weighted by Crippen LogP contribution is 2.48. The normalized spacial score (nSPS) is 20.1. The van der Waals surface area contributed by atoms with Crippen molar-refractivity contribution in [2.45, 2.75) is 38.4 Å². The average Bonchev–Trinajstić information content (AvgIpc) is 3.23. The van der Waals surface area contributed by atoms with Crippen molar-refractivity contribution in [3.8, 4) is 5.75 Å². The van der Waals surface area contributed by atoms with Gasteiger partial charge in [-0.25, -0.2) is 8.42 Å². The molecule has 8 nitrogen and oxygen atoms in total. The molecule has 2 aliphatic heterocycles. The van der Waals surface area contributed by atoms with Gasteiger partial charge in [-0.2, -0.15) is 0 Å². The lowest BCUT2D eigenvalue weighted by atomic mass is 9.86. The second-order valence-electron chi connectivity index (χ2n) is 10.7. The zero-order valence-electron chi connectivity index (χ0n) is 23.2. The summed E-state index contributed by atoms with van der Waals surface area (Å²) in [6.07, 6.45) is 5.10. The first-order valence-electron chi connectivity index (χ1n) is 12.7. The van der Waals surface area contributed by atoms with E-state index in [1.54, 1.807) is 18.3 Å². The minimum Gasteiger partial charge on any atom is -0.495 e. The first-order chi connectivity index (χ1) is 18.8. The van der Waals surface area contributed by atoms with Crippen molar-refractivity contribution in [2.24, 2.45) is 0 Å². The van der Waals surface area contributed by atoms with E-state index in [4.69, 9.17) is 28.6 Å². The molecular formula is C29H32ClN5O3S2. The average molecular weight is 598 g/mol. The standard InChI is InChI=1S/C29H32ClN5O3S2/c1-17-16-29(2,3)34(4)24-15-21(30)20(14-19(17)24)27-26(22-9-7-8-12-31-22)32-28(39)35(27)18-10-11-25(38-5)23(13-18)33-40(6,36)37/h7-16,26-27,33H,1-6H3,(H,32,39)/t26-,27+/m1/s1. The van der Waals surface area contributed by atoms with E-state index in [0.717, 1.165) is 34.3 Å². The van der Waals surface area contributed by atoms with Gasteiger partial charge in [0.25, 0.3) is 0 Å². The monoisotopic (exact) mass is 597 g/mol. The number of benzene rings is 2. The largest absolute Gasteiger partial charge is 0.495 e. The molecule has 1 aromatic heterocycles. The van der Waals surface area contributed by atoms with Gasteiger partial charge in [-0.05, 0) is 86.6 Å². The van der Waals surface area contributed by atoms with Crippen LogP contribution in [0.25, 0.3) is 5.57 Å². The maximum Gasteiger partial charge on any atom is 0.229 e. The molecule has 0 saturated carbocycles. The molecule has 40 heavy (non-hydrogen) atoms. The minimum atomic E-state index is -3.56. The maximum atomic E-state index is 12.1. The Kier molecular flexibility index (Phi) is 7.22. The van der Waals surface area contributed by atoms with Crippen molar-refractivity contribution in [3.05, 3.63) is 82.6 Å². The van der Waals surface area contributed by atoms with Crippen LogP contribution >= 0.6 is 23.8 Å². The molecule has 2 N–H and O–H groups in total. The van der Waals surface area contributed by atoms with Crippen molar-refractivity contribution in [3.63, 3.8) is 0 Å². The smallest absolute Gasteiger partial charge is 0.229 e. The number of anilines is 3. The number of likely N-dealkylation sites (N-methyl/N-ethyl adjacent to an activating group) is 1. The summed E-state index contributed by atoms with van der Waals surface area (Å²) in [5.41, 5.74) is 5.81. The number of hydrogen-bond acceptors (Lipinski definition) is 6. The molecule has 3 heterocycles. The predicted octanol–water partition coefficient (Wildman–Crippen LogP) is 5.92. The Morgan fingerprint density at radius 2 is 1.93 bits per heavy atom. The van der Waals surface area contributed by atoms with E-state index >= 15 is 0 Å². The molecule has 0 spiro atoms. The van der Waals surface area contributed by atoms with Gasteiger partial charge >= 0.3 is 0 Å². The lowest BCUT2D eigenvalue weighted by Gasteiger charge is -2.41. The van der Waals surface area contributed by atoms with E-state index < -0.39 is 10.0 Å². The van der Waals surface area contributed by atoms with Crippen LogP contribution in [0, 0.1) is 0 Å². The SMILES string of the molecule is COc1ccc(N2C(=S)N[C@H](c3ccccn3)[C@@H]2c2cc3c(cc2Cl)N(C)C(C)(C)C=C3C)cc1NS(C)(=O)=O. The Morgan fingerprint density at radius 3 is 2.58 bits per heavy atom. The molecule has 0 unspecified atom stereocenters. The number of hydrogen-bond donors (Lipinski definition) is 2. The highest BCUT2D eigenvalue weighted by atomic mass is 35.5. The summed E-state index contributed by atoms with van der Waals surface area (Å²) in [4.78, 5) is 8.82. The van der Waals surface area contributed by atoms with Gasteiger partial charge in [-0.1, -0.05) is 23.7 Å². The van der Waals surface area contributed by atoms with Crippen molar-refractivity contribution < 1.29 is 13.2 Å². The molecule has 0 aliphatic carbocycles. The van der Waals surface area contributed by atoms with E-state index in [0.29, 0.717) is 27.3 Å². The second kappa shape index (κ2) is 10.2. The van der Waals surface area contributed by atoms with Crippen LogP contribution in [-0.4, -0.2) is 44.5 Å². The summed E-state index contributed by atoms with van der Waals surface area (Å²) in [6, 6.07) is 14.5. The molecule has 210 valence electrons. The summed E-state index contributed by atoms with van der Waals surface area (Å²) in [6.45, 7) is 6.46. The van der Waals surface area contributed by atoms with Crippen LogP contribution in [0.1, 0.15) is 49.7 Å². The number of nitrogens with one attached hydrogen (secondary N) is 2. The topological polar surface area (TPSA) is 86.8 Å². The minimum absolute atomic E-state index is 0.160. The van der Waals surface area contributed by atoms with Gasteiger partial charge in [0.2, 0.25) is 10.0 Å². The summed E-state index contributed by atoms with van der Waals surface area (Å²) in [5.74, 6) is 0.392. The fourth-order valence-electron chi connectivity index (χ4n) is 5.49. The fourth-order valence-corrected chi connectivity index (χ4v) is 6.66. The van der Waals surface area contributed by atoms with Gasteiger partial charge in [-0.15, -0.1) is 0 Å². The van der Waals surface area contributed by atoms with Crippen molar-refractivity contribution in [1.29, 1.82) is 0 Å². The Morgan fingerprint density at radius 1 is 1.18 bits per heavy atom. The third kappa shape index (κ3) is 5.11. The molecular weight excluding hydrogens is 566 g/mol. The molecule has 0 amide bonds. The van der Waals surface area contributed by atoms with Crippen LogP contribution < -0.4 is 24.6 Å². The van der Waals surface area contributed by atoms with Crippen LogP contribution in [-0.2, 0) is 10.0 Å².